The van der Waals surface area contributed by atoms with E-state index < -0.39 is 10.0 Å². The molecule has 0 spiro atoms. The molecule has 1 heterocycles. The van der Waals surface area contributed by atoms with E-state index in [-0.39, 0.29) is 17.5 Å². The molecule has 1 unspecified atom stereocenters. The van der Waals surface area contributed by atoms with Crippen LogP contribution in [0.25, 0.3) is 0 Å². The third-order valence-corrected chi connectivity index (χ3v) is 6.40. The van der Waals surface area contributed by atoms with Gasteiger partial charge < -0.3 is 5.73 Å². The molecule has 0 bridgehead atoms. The van der Waals surface area contributed by atoms with Gasteiger partial charge in [0.15, 0.2) is 0 Å². The van der Waals surface area contributed by atoms with Crippen molar-refractivity contribution in [1.29, 1.82) is 0 Å². The van der Waals surface area contributed by atoms with E-state index in [1.165, 1.54) is 11.3 Å². The molecule has 1 atom stereocenters. The molecular weight excluding hydrogens is 404 g/mol. The lowest BCUT2D eigenvalue weighted by molar-refractivity contribution is 0.486. The van der Waals surface area contributed by atoms with Crippen molar-refractivity contribution in [3.63, 3.8) is 0 Å². The van der Waals surface area contributed by atoms with Crippen LogP contribution in [0.5, 0.6) is 0 Å². The minimum atomic E-state index is -3.50. The summed E-state index contributed by atoms with van der Waals surface area (Å²) >= 11 is 7.82. The molecule has 0 aromatic carbocycles. The van der Waals surface area contributed by atoms with Gasteiger partial charge in [0.1, 0.15) is 4.90 Å². The first-order chi connectivity index (χ1) is 8.22. The van der Waals surface area contributed by atoms with Crippen LogP contribution in [0.15, 0.2) is 18.5 Å². The molecule has 0 aliphatic heterocycles. The van der Waals surface area contributed by atoms with Crippen LogP contribution in [0, 0.1) is 5.92 Å². The molecule has 0 saturated heterocycles. The number of rotatable bonds is 6. The molecule has 18 heavy (non-hydrogen) atoms. The van der Waals surface area contributed by atoms with Gasteiger partial charge >= 0.3 is 0 Å². The minimum Gasteiger partial charge on any atom is -0.327 e. The average molecular weight is 420 g/mol. The zero-order chi connectivity index (χ0) is 13.9. The van der Waals surface area contributed by atoms with Crippen LogP contribution in [0.3, 0.4) is 0 Å². The van der Waals surface area contributed by atoms with Crippen molar-refractivity contribution in [1.82, 2.24) is 4.72 Å². The van der Waals surface area contributed by atoms with E-state index in [0.717, 1.165) is 10.2 Å². The van der Waals surface area contributed by atoms with Gasteiger partial charge in [-0.2, -0.15) is 0 Å². The van der Waals surface area contributed by atoms with E-state index in [2.05, 4.69) is 50.4 Å². The highest BCUT2D eigenvalue weighted by Crippen LogP contribution is 2.34. The molecule has 1 aromatic rings. The maximum absolute atomic E-state index is 12.0. The van der Waals surface area contributed by atoms with Crippen molar-refractivity contribution >= 4 is 53.2 Å². The summed E-state index contributed by atoms with van der Waals surface area (Å²) in [6.45, 7) is 4.36. The summed E-state index contributed by atoms with van der Waals surface area (Å²) in [5.41, 5.74) is 5.86. The van der Waals surface area contributed by atoms with Crippen molar-refractivity contribution in [3.05, 3.63) is 13.6 Å². The molecule has 1 rings (SSSR count). The fourth-order valence-electron chi connectivity index (χ4n) is 1.49. The number of thiophene rings is 1. The number of halogens is 2. The number of sulfonamides is 1. The van der Waals surface area contributed by atoms with Gasteiger partial charge in [0.25, 0.3) is 0 Å². The largest absolute Gasteiger partial charge is 0.327 e. The minimum absolute atomic E-state index is 0.166. The van der Waals surface area contributed by atoms with E-state index in [0.29, 0.717) is 9.70 Å². The molecule has 104 valence electrons. The van der Waals surface area contributed by atoms with Crippen LogP contribution >= 0.6 is 43.2 Å². The Kier molecular flexibility index (Phi) is 6.27. The maximum atomic E-state index is 12.0. The fraction of sp³-hybridized carbons (Fsp3) is 0.600. The SMILES string of the molecule is CC(C)CC(N)CNS(=O)(=O)c1cc(Br)sc1Br. The predicted octanol–water partition coefficient (Wildman–Crippen LogP) is 2.92. The van der Waals surface area contributed by atoms with Gasteiger partial charge in [0.2, 0.25) is 10.0 Å². The highest BCUT2D eigenvalue weighted by Gasteiger charge is 2.21. The van der Waals surface area contributed by atoms with Gasteiger partial charge in [-0.25, -0.2) is 13.1 Å². The first-order valence-corrected chi connectivity index (χ1v) is 9.31. The number of hydrogen-bond acceptors (Lipinski definition) is 4. The third-order valence-electron chi connectivity index (χ3n) is 2.22. The van der Waals surface area contributed by atoms with Crippen molar-refractivity contribution in [2.24, 2.45) is 11.7 Å². The maximum Gasteiger partial charge on any atom is 0.242 e. The predicted molar refractivity (Wildman–Crippen MR) is 82.3 cm³/mol. The number of nitrogens with two attached hydrogens (primary N) is 1. The van der Waals surface area contributed by atoms with Crippen molar-refractivity contribution in [2.75, 3.05) is 6.54 Å². The first-order valence-electron chi connectivity index (χ1n) is 5.42. The summed E-state index contributed by atoms with van der Waals surface area (Å²) in [7, 11) is -3.50. The van der Waals surface area contributed by atoms with Gasteiger partial charge in [-0.15, -0.1) is 11.3 Å². The topological polar surface area (TPSA) is 72.2 Å². The van der Waals surface area contributed by atoms with E-state index >= 15 is 0 Å². The second kappa shape index (κ2) is 6.81. The summed E-state index contributed by atoms with van der Waals surface area (Å²) < 4.78 is 28.0. The Morgan fingerprint density at radius 3 is 2.50 bits per heavy atom. The molecule has 0 aliphatic rings. The molecule has 4 nitrogen and oxygen atoms in total. The van der Waals surface area contributed by atoms with Gasteiger partial charge in [-0.1, -0.05) is 13.8 Å². The Balaban J connectivity index is 2.69. The quantitative estimate of drug-likeness (QED) is 0.744. The molecule has 1 aromatic heterocycles. The summed E-state index contributed by atoms with van der Waals surface area (Å²) in [5, 5.41) is 0. The summed E-state index contributed by atoms with van der Waals surface area (Å²) in [4.78, 5) is 0.246. The van der Waals surface area contributed by atoms with Crippen molar-refractivity contribution in [3.8, 4) is 0 Å². The highest BCUT2D eigenvalue weighted by atomic mass is 79.9. The Hall–Kier alpha value is 0.530. The van der Waals surface area contributed by atoms with Crippen LogP contribution in [0.4, 0.5) is 0 Å². The standard InChI is InChI=1S/C10H16Br2N2O2S2/c1-6(2)3-7(13)5-14-18(15,16)8-4-9(11)17-10(8)12/h4,6-7,14H,3,5,13H2,1-2H3. The van der Waals surface area contributed by atoms with E-state index in [9.17, 15) is 8.42 Å². The molecule has 0 radical (unpaired) electrons. The zero-order valence-corrected chi connectivity index (χ0v) is 14.9. The number of hydrogen-bond donors (Lipinski definition) is 2. The molecular formula is C10H16Br2N2O2S2. The lowest BCUT2D eigenvalue weighted by atomic mass is 10.1. The van der Waals surface area contributed by atoms with Crippen molar-refractivity contribution < 1.29 is 8.42 Å². The Bertz CT molecular complexity index is 500. The normalized spacial score (nSPS) is 14.1. The third kappa shape index (κ3) is 4.90. The van der Waals surface area contributed by atoms with Crippen LogP contribution in [-0.2, 0) is 10.0 Å². The molecule has 3 N–H and O–H groups in total. The highest BCUT2D eigenvalue weighted by molar-refractivity contribution is 9.12. The lowest BCUT2D eigenvalue weighted by Crippen LogP contribution is -2.37. The fourth-order valence-corrected chi connectivity index (χ4v) is 6.40. The van der Waals surface area contributed by atoms with E-state index in [4.69, 9.17) is 5.73 Å². The monoisotopic (exact) mass is 418 g/mol. The lowest BCUT2D eigenvalue weighted by Gasteiger charge is -2.14. The molecule has 0 saturated carbocycles. The summed E-state index contributed by atoms with van der Waals surface area (Å²) in [5.74, 6) is 0.450. The van der Waals surface area contributed by atoms with Crippen LogP contribution in [0.2, 0.25) is 0 Å². The average Bonchev–Trinajstić information content (AvgIpc) is 2.55. The van der Waals surface area contributed by atoms with Gasteiger partial charge in [-0.05, 0) is 50.3 Å². The Morgan fingerprint density at radius 1 is 1.44 bits per heavy atom. The molecule has 0 aliphatic carbocycles. The molecule has 8 heteroatoms. The molecule has 0 amide bonds. The molecule has 0 fully saturated rings. The summed E-state index contributed by atoms with van der Waals surface area (Å²) in [6.07, 6.45) is 0.789. The van der Waals surface area contributed by atoms with Crippen molar-refractivity contribution in [2.45, 2.75) is 31.2 Å². The Labute approximate surface area is 129 Å². The van der Waals surface area contributed by atoms with Crippen LogP contribution in [0.1, 0.15) is 20.3 Å². The first kappa shape index (κ1) is 16.6. The second-order valence-corrected chi connectivity index (χ2v) is 9.91. The van der Waals surface area contributed by atoms with Gasteiger partial charge in [0.05, 0.1) is 7.57 Å². The van der Waals surface area contributed by atoms with E-state index in [1.54, 1.807) is 6.07 Å². The van der Waals surface area contributed by atoms with Gasteiger partial charge in [0, 0.05) is 12.6 Å². The van der Waals surface area contributed by atoms with Crippen LogP contribution < -0.4 is 10.5 Å². The van der Waals surface area contributed by atoms with Crippen LogP contribution in [-0.4, -0.2) is 21.0 Å². The smallest absolute Gasteiger partial charge is 0.242 e. The van der Waals surface area contributed by atoms with E-state index in [1.807, 2.05) is 0 Å². The summed E-state index contributed by atoms with van der Waals surface area (Å²) in [6, 6.07) is 1.41. The van der Waals surface area contributed by atoms with Gasteiger partial charge in [-0.3, -0.25) is 0 Å². The second-order valence-electron chi connectivity index (χ2n) is 4.43. The number of nitrogens with one attached hydrogen (secondary N) is 1. The Morgan fingerprint density at radius 2 is 2.06 bits per heavy atom. The zero-order valence-electron chi connectivity index (χ0n) is 10.1.